The van der Waals surface area contributed by atoms with Gasteiger partial charge in [0.1, 0.15) is 5.58 Å². The zero-order valence-electron chi connectivity index (χ0n) is 11.2. The van der Waals surface area contributed by atoms with Crippen molar-refractivity contribution in [2.45, 2.75) is 39.5 Å². The number of rotatable bonds is 3. The van der Waals surface area contributed by atoms with Crippen molar-refractivity contribution in [3.8, 4) is 0 Å². The lowest BCUT2D eigenvalue weighted by Crippen LogP contribution is -2.00. The third kappa shape index (κ3) is 1.90. The molecule has 0 fully saturated rings. The predicted octanol–water partition coefficient (Wildman–Crippen LogP) is 4.38. The zero-order chi connectivity index (χ0) is 13.4. The van der Waals surface area contributed by atoms with Crippen molar-refractivity contribution in [3.05, 3.63) is 35.1 Å². The summed E-state index contributed by atoms with van der Waals surface area (Å²) in [5, 5.41) is 10.2. The number of fused-ring (bicyclic) bond motifs is 1. The lowest BCUT2D eigenvalue weighted by Gasteiger charge is -2.06. The molecule has 0 atom stereocenters. The number of aromatic carboxylic acids is 1. The Bertz CT molecular complexity index is 591. The number of benzene rings is 1. The SMILES string of the molecule is CC(C)c1c(C(=O)O)oc2c(C(C)C)cccc12. The topological polar surface area (TPSA) is 50.4 Å². The number of furan rings is 1. The lowest BCUT2D eigenvalue weighted by molar-refractivity contribution is 0.0662. The Hall–Kier alpha value is -1.77. The van der Waals surface area contributed by atoms with Gasteiger partial charge in [0.25, 0.3) is 0 Å². The van der Waals surface area contributed by atoms with Gasteiger partial charge in [0.05, 0.1) is 0 Å². The van der Waals surface area contributed by atoms with Gasteiger partial charge in [-0.15, -0.1) is 0 Å². The van der Waals surface area contributed by atoms with Gasteiger partial charge in [-0.2, -0.15) is 0 Å². The molecule has 0 spiro atoms. The Balaban J connectivity index is 2.84. The van der Waals surface area contributed by atoms with Crippen LogP contribution >= 0.6 is 0 Å². The normalized spacial score (nSPS) is 11.7. The van der Waals surface area contributed by atoms with Crippen molar-refractivity contribution in [3.63, 3.8) is 0 Å². The second-order valence-corrected chi connectivity index (χ2v) is 5.18. The van der Waals surface area contributed by atoms with Crippen LogP contribution in [0.25, 0.3) is 11.0 Å². The second kappa shape index (κ2) is 4.48. The summed E-state index contributed by atoms with van der Waals surface area (Å²) in [5.41, 5.74) is 2.57. The highest BCUT2D eigenvalue weighted by Gasteiger charge is 2.23. The molecule has 0 unspecified atom stereocenters. The first kappa shape index (κ1) is 12.7. The highest BCUT2D eigenvalue weighted by Crippen LogP contribution is 2.35. The fraction of sp³-hybridized carbons (Fsp3) is 0.400. The molecule has 2 rings (SSSR count). The van der Waals surface area contributed by atoms with E-state index in [2.05, 4.69) is 13.8 Å². The van der Waals surface area contributed by atoms with Gasteiger partial charge in [-0.1, -0.05) is 45.9 Å². The quantitative estimate of drug-likeness (QED) is 0.874. The summed E-state index contributed by atoms with van der Waals surface area (Å²) in [4.78, 5) is 11.3. The Morgan fingerprint density at radius 2 is 1.83 bits per heavy atom. The summed E-state index contributed by atoms with van der Waals surface area (Å²) in [6.07, 6.45) is 0. The molecule has 0 bridgehead atoms. The van der Waals surface area contributed by atoms with Crippen LogP contribution in [0.2, 0.25) is 0 Å². The molecule has 0 amide bonds. The third-order valence-corrected chi connectivity index (χ3v) is 3.18. The van der Waals surface area contributed by atoms with Crippen LogP contribution in [0.5, 0.6) is 0 Å². The molecule has 0 aliphatic rings. The van der Waals surface area contributed by atoms with Crippen LogP contribution < -0.4 is 0 Å². The maximum atomic E-state index is 11.3. The van der Waals surface area contributed by atoms with Crippen molar-refractivity contribution in [1.29, 1.82) is 0 Å². The summed E-state index contributed by atoms with van der Waals surface area (Å²) in [5.74, 6) is -0.487. The molecule has 1 N–H and O–H groups in total. The van der Waals surface area contributed by atoms with Crippen molar-refractivity contribution in [2.75, 3.05) is 0 Å². The Morgan fingerprint density at radius 3 is 2.33 bits per heavy atom. The van der Waals surface area contributed by atoms with Crippen LogP contribution in [0.15, 0.2) is 22.6 Å². The van der Waals surface area contributed by atoms with E-state index in [1.54, 1.807) is 0 Å². The molecular formula is C15H18O3. The second-order valence-electron chi connectivity index (χ2n) is 5.18. The molecule has 1 aromatic carbocycles. The lowest BCUT2D eigenvalue weighted by atomic mass is 9.95. The van der Waals surface area contributed by atoms with E-state index in [1.807, 2.05) is 32.0 Å². The molecule has 2 aromatic rings. The average Bonchev–Trinajstić information content (AvgIpc) is 2.67. The number of hydrogen-bond donors (Lipinski definition) is 1. The molecule has 0 saturated carbocycles. The van der Waals surface area contributed by atoms with Crippen LogP contribution in [0.1, 0.15) is 61.2 Å². The highest BCUT2D eigenvalue weighted by atomic mass is 16.4. The number of hydrogen-bond acceptors (Lipinski definition) is 2. The summed E-state index contributed by atoms with van der Waals surface area (Å²) in [7, 11) is 0. The maximum absolute atomic E-state index is 11.3. The first-order chi connectivity index (χ1) is 8.43. The van der Waals surface area contributed by atoms with Gasteiger partial charge in [0.15, 0.2) is 0 Å². The molecule has 1 heterocycles. The number of carboxylic acids is 1. The molecule has 0 saturated heterocycles. The van der Waals surface area contributed by atoms with Crippen LogP contribution in [0.3, 0.4) is 0 Å². The minimum Gasteiger partial charge on any atom is -0.475 e. The predicted molar refractivity (Wildman–Crippen MR) is 71.4 cm³/mol. The summed E-state index contributed by atoms with van der Waals surface area (Å²) in [6, 6.07) is 5.89. The van der Waals surface area contributed by atoms with E-state index in [4.69, 9.17) is 4.42 Å². The summed E-state index contributed by atoms with van der Waals surface area (Å²) >= 11 is 0. The smallest absolute Gasteiger partial charge is 0.372 e. The van der Waals surface area contributed by atoms with E-state index in [0.29, 0.717) is 11.5 Å². The molecule has 96 valence electrons. The van der Waals surface area contributed by atoms with Crippen molar-refractivity contribution < 1.29 is 14.3 Å². The monoisotopic (exact) mass is 246 g/mol. The molecule has 18 heavy (non-hydrogen) atoms. The first-order valence-corrected chi connectivity index (χ1v) is 6.22. The van der Waals surface area contributed by atoms with E-state index >= 15 is 0 Å². The van der Waals surface area contributed by atoms with Crippen molar-refractivity contribution in [2.24, 2.45) is 0 Å². The van der Waals surface area contributed by atoms with Gasteiger partial charge in [-0.25, -0.2) is 4.79 Å². The molecule has 3 nitrogen and oxygen atoms in total. The maximum Gasteiger partial charge on any atom is 0.372 e. The van der Waals surface area contributed by atoms with Gasteiger partial charge in [0, 0.05) is 10.9 Å². The number of carbonyl (C=O) groups is 1. The zero-order valence-corrected chi connectivity index (χ0v) is 11.2. The standard InChI is InChI=1S/C15H18O3/c1-8(2)10-6-5-7-11-12(9(3)4)14(15(16)17)18-13(10)11/h5-9H,1-4H3,(H,16,17). The Morgan fingerprint density at radius 1 is 1.17 bits per heavy atom. The fourth-order valence-corrected chi connectivity index (χ4v) is 2.35. The molecule has 0 aliphatic heterocycles. The van der Waals surface area contributed by atoms with E-state index in [-0.39, 0.29) is 11.7 Å². The Labute approximate surface area is 106 Å². The summed E-state index contributed by atoms with van der Waals surface area (Å²) in [6.45, 7) is 8.12. The third-order valence-electron chi connectivity index (χ3n) is 3.18. The van der Waals surface area contributed by atoms with E-state index < -0.39 is 5.97 Å². The molecular weight excluding hydrogens is 228 g/mol. The van der Waals surface area contributed by atoms with Crippen LogP contribution in [-0.4, -0.2) is 11.1 Å². The highest BCUT2D eigenvalue weighted by molar-refractivity contribution is 5.96. The molecule has 1 aromatic heterocycles. The molecule has 3 heteroatoms. The van der Waals surface area contributed by atoms with Gasteiger partial charge in [-0.05, 0) is 17.4 Å². The molecule has 0 radical (unpaired) electrons. The number of carboxylic acid groups (broad SMARTS) is 1. The van der Waals surface area contributed by atoms with Gasteiger partial charge in [0.2, 0.25) is 5.76 Å². The van der Waals surface area contributed by atoms with Crippen LogP contribution in [-0.2, 0) is 0 Å². The van der Waals surface area contributed by atoms with E-state index in [1.165, 1.54) is 0 Å². The largest absolute Gasteiger partial charge is 0.475 e. The van der Waals surface area contributed by atoms with Crippen LogP contribution in [0.4, 0.5) is 0 Å². The van der Waals surface area contributed by atoms with E-state index in [0.717, 1.165) is 16.5 Å². The average molecular weight is 246 g/mol. The minimum atomic E-state index is -0.996. The first-order valence-electron chi connectivity index (χ1n) is 6.22. The van der Waals surface area contributed by atoms with Gasteiger partial charge >= 0.3 is 5.97 Å². The van der Waals surface area contributed by atoms with Crippen molar-refractivity contribution in [1.82, 2.24) is 0 Å². The summed E-state index contributed by atoms with van der Waals surface area (Å²) < 4.78 is 5.61. The fourth-order valence-electron chi connectivity index (χ4n) is 2.35. The van der Waals surface area contributed by atoms with Gasteiger partial charge in [-0.3, -0.25) is 0 Å². The molecule has 0 aliphatic carbocycles. The van der Waals surface area contributed by atoms with Gasteiger partial charge < -0.3 is 9.52 Å². The Kier molecular flexibility index (Phi) is 3.16. The van der Waals surface area contributed by atoms with Crippen LogP contribution in [0, 0.1) is 0 Å². The van der Waals surface area contributed by atoms with Crippen molar-refractivity contribution >= 4 is 16.9 Å². The van der Waals surface area contributed by atoms with E-state index in [9.17, 15) is 9.90 Å². The number of para-hydroxylation sites is 1. The minimum absolute atomic E-state index is 0.0769.